The first-order valence-corrected chi connectivity index (χ1v) is 7.62. The fraction of sp³-hybridized carbons (Fsp3) is 0.143. The van der Waals surface area contributed by atoms with E-state index in [-0.39, 0.29) is 0 Å². The van der Waals surface area contributed by atoms with Crippen molar-refractivity contribution in [1.29, 1.82) is 0 Å². The van der Waals surface area contributed by atoms with Gasteiger partial charge in [-0.25, -0.2) is 0 Å². The van der Waals surface area contributed by atoms with Crippen molar-refractivity contribution in [2.75, 3.05) is 0 Å². The largest absolute Gasteiger partial charge is 0.454 e. The highest BCUT2D eigenvalue weighted by atomic mass is 16.3. The molecule has 2 aromatic heterocycles. The predicted molar refractivity (Wildman–Crippen MR) is 102 cm³/mol. The van der Waals surface area contributed by atoms with Crippen LogP contribution in [0.1, 0.15) is 40.6 Å². The minimum Gasteiger partial charge on any atom is -0.454 e. The Balaban J connectivity index is 2.72. The Morgan fingerprint density at radius 3 is 2.22 bits per heavy atom. The highest BCUT2D eigenvalue weighted by Gasteiger charge is 2.20. The van der Waals surface area contributed by atoms with Crippen LogP contribution in [0.2, 0.25) is 0 Å². The maximum absolute atomic E-state index is 6.10. The van der Waals surface area contributed by atoms with Crippen molar-refractivity contribution in [2.24, 2.45) is 0 Å². The van der Waals surface area contributed by atoms with Gasteiger partial charge in [0.05, 0.1) is 5.69 Å². The van der Waals surface area contributed by atoms with Gasteiger partial charge in [-0.15, -0.1) is 0 Å². The summed E-state index contributed by atoms with van der Waals surface area (Å²) in [4.78, 5) is 3.45. The maximum Gasteiger partial charge on any atom is 0.159 e. The van der Waals surface area contributed by atoms with E-state index in [9.17, 15) is 0 Å². The summed E-state index contributed by atoms with van der Waals surface area (Å²) in [6.45, 7) is 17.7. The number of hydrogen-bond donors (Lipinski definition) is 1. The zero-order valence-corrected chi connectivity index (χ0v) is 14.1. The number of aromatic amines is 1. The van der Waals surface area contributed by atoms with Gasteiger partial charge in [-0.05, 0) is 44.1 Å². The van der Waals surface area contributed by atoms with Crippen LogP contribution in [0.4, 0.5) is 0 Å². The molecular formula is C21H23NO. The average molecular weight is 305 g/mol. The molecule has 118 valence electrons. The third kappa shape index (κ3) is 2.93. The molecule has 0 bridgehead atoms. The zero-order valence-electron chi connectivity index (χ0n) is 14.1. The Hall–Kier alpha value is -2.74. The van der Waals surface area contributed by atoms with Crippen LogP contribution in [0, 0.1) is 13.8 Å². The summed E-state index contributed by atoms with van der Waals surface area (Å²) in [6, 6.07) is 0. The van der Waals surface area contributed by atoms with Crippen molar-refractivity contribution >= 4 is 24.3 Å². The predicted octanol–water partition coefficient (Wildman–Crippen LogP) is 6.41. The molecule has 0 spiro atoms. The van der Waals surface area contributed by atoms with Crippen LogP contribution in [0.25, 0.3) is 35.8 Å². The first kappa shape index (κ1) is 16.6. The molecular weight excluding hydrogens is 282 g/mol. The lowest BCUT2D eigenvalue weighted by Gasteiger charge is -1.99. The molecule has 0 aliphatic heterocycles. The van der Waals surface area contributed by atoms with Crippen LogP contribution in [-0.4, -0.2) is 4.98 Å². The van der Waals surface area contributed by atoms with E-state index in [0.717, 1.165) is 39.6 Å². The highest BCUT2D eigenvalue weighted by Crippen LogP contribution is 2.37. The van der Waals surface area contributed by atoms with Crippen LogP contribution >= 0.6 is 0 Å². The molecule has 23 heavy (non-hydrogen) atoms. The lowest BCUT2D eigenvalue weighted by Crippen LogP contribution is -1.82. The van der Waals surface area contributed by atoms with E-state index in [1.165, 1.54) is 5.56 Å². The monoisotopic (exact) mass is 305 g/mol. The van der Waals surface area contributed by atoms with Gasteiger partial charge in [0.1, 0.15) is 5.76 Å². The van der Waals surface area contributed by atoms with E-state index in [2.05, 4.69) is 38.6 Å². The molecule has 0 amide bonds. The van der Waals surface area contributed by atoms with E-state index in [1.54, 1.807) is 6.08 Å². The first-order chi connectivity index (χ1) is 11.1. The lowest BCUT2D eigenvalue weighted by atomic mass is 10.0. The summed E-state index contributed by atoms with van der Waals surface area (Å²) >= 11 is 0. The second-order valence-electron chi connectivity index (χ2n) is 5.29. The number of hydrogen-bond acceptors (Lipinski definition) is 1. The van der Waals surface area contributed by atoms with E-state index in [1.807, 2.05) is 43.4 Å². The van der Waals surface area contributed by atoms with Crippen LogP contribution in [0.3, 0.4) is 0 Å². The quantitative estimate of drug-likeness (QED) is 0.614. The summed E-state index contributed by atoms with van der Waals surface area (Å²) in [5.74, 6) is 1.59. The molecule has 2 heterocycles. The molecule has 2 aromatic rings. The van der Waals surface area contributed by atoms with Gasteiger partial charge in [0.25, 0.3) is 0 Å². The molecule has 0 saturated carbocycles. The Morgan fingerprint density at radius 1 is 0.957 bits per heavy atom. The number of H-pyrrole nitrogens is 1. The number of furan rings is 1. The Morgan fingerprint density at radius 2 is 1.65 bits per heavy atom. The van der Waals surface area contributed by atoms with E-state index >= 15 is 0 Å². The molecule has 0 aliphatic carbocycles. The van der Waals surface area contributed by atoms with Gasteiger partial charge in [0.2, 0.25) is 0 Å². The van der Waals surface area contributed by atoms with E-state index in [4.69, 9.17) is 4.42 Å². The zero-order chi connectivity index (χ0) is 17.0. The minimum atomic E-state index is 0.793. The van der Waals surface area contributed by atoms with E-state index in [0.29, 0.717) is 0 Å². The van der Waals surface area contributed by atoms with Crippen molar-refractivity contribution in [3.05, 3.63) is 71.7 Å². The molecule has 2 rings (SSSR count). The summed E-state index contributed by atoms with van der Waals surface area (Å²) in [7, 11) is 0. The molecule has 2 heteroatoms. The number of allylic oxidation sites excluding steroid dienone is 3. The minimum absolute atomic E-state index is 0.793. The summed E-state index contributed by atoms with van der Waals surface area (Å²) in [5.41, 5.74) is 6.29. The maximum atomic E-state index is 6.10. The average Bonchev–Trinajstić information content (AvgIpc) is 3.04. The Labute approximate surface area is 138 Å². The topological polar surface area (TPSA) is 28.9 Å². The second-order valence-corrected chi connectivity index (χ2v) is 5.29. The molecule has 1 N–H and O–H groups in total. The van der Waals surface area contributed by atoms with Crippen molar-refractivity contribution in [3.8, 4) is 11.5 Å². The lowest BCUT2D eigenvalue weighted by molar-refractivity contribution is 0.568. The van der Waals surface area contributed by atoms with Gasteiger partial charge in [0.15, 0.2) is 5.76 Å². The molecule has 0 radical (unpaired) electrons. The Bertz CT molecular complexity index is 810. The fourth-order valence-electron chi connectivity index (χ4n) is 2.62. The van der Waals surface area contributed by atoms with Crippen molar-refractivity contribution in [1.82, 2.24) is 4.98 Å². The standard InChI is InChI=1S/C21H23NO/c1-7-11-13-18-14(5)15(6)20(22-18)21-17(10-4)16(9-3)19(23-21)12-8-2/h7-13,22H,1,3-4H2,2,5-6H3/b12-8-,13-11-. The van der Waals surface area contributed by atoms with Gasteiger partial charge in [0, 0.05) is 16.8 Å². The van der Waals surface area contributed by atoms with Gasteiger partial charge >= 0.3 is 0 Å². The van der Waals surface area contributed by atoms with Gasteiger partial charge < -0.3 is 9.40 Å². The number of aromatic nitrogens is 1. The van der Waals surface area contributed by atoms with Crippen molar-refractivity contribution in [2.45, 2.75) is 20.8 Å². The molecule has 0 aliphatic rings. The van der Waals surface area contributed by atoms with Gasteiger partial charge in [-0.2, -0.15) is 0 Å². The molecule has 0 fully saturated rings. The van der Waals surface area contributed by atoms with Crippen molar-refractivity contribution in [3.63, 3.8) is 0 Å². The third-order valence-corrected chi connectivity index (χ3v) is 3.97. The highest BCUT2D eigenvalue weighted by molar-refractivity contribution is 5.82. The molecule has 0 saturated heterocycles. The molecule has 0 aromatic carbocycles. The smallest absolute Gasteiger partial charge is 0.159 e. The Kier molecular flexibility index (Phi) is 5.07. The fourth-order valence-corrected chi connectivity index (χ4v) is 2.62. The second kappa shape index (κ2) is 7.01. The normalized spacial score (nSPS) is 11.4. The van der Waals surface area contributed by atoms with Crippen LogP contribution in [0.15, 0.2) is 42.4 Å². The SMILES string of the molecule is C=C/C=C\c1[nH]c(-c2oc(/C=C\C)c(C=C)c2C=C)c(C)c1C. The van der Waals surface area contributed by atoms with Crippen LogP contribution in [0.5, 0.6) is 0 Å². The third-order valence-electron chi connectivity index (χ3n) is 3.97. The summed E-state index contributed by atoms with van der Waals surface area (Å²) in [6.07, 6.45) is 13.2. The number of nitrogens with one attached hydrogen (secondary N) is 1. The van der Waals surface area contributed by atoms with Crippen molar-refractivity contribution < 1.29 is 4.42 Å². The van der Waals surface area contributed by atoms with Crippen LogP contribution < -0.4 is 0 Å². The van der Waals surface area contributed by atoms with Gasteiger partial charge in [-0.3, -0.25) is 0 Å². The van der Waals surface area contributed by atoms with Crippen LogP contribution in [-0.2, 0) is 0 Å². The molecule has 2 nitrogen and oxygen atoms in total. The van der Waals surface area contributed by atoms with Gasteiger partial charge in [-0.1, -0.05) is 50.1 Å². The van der Waals surface area contributed by atoms with E-state index < -0.39 is 0 Å². The molecule has 0 unspecified atom stereocenters. The summed E-state index contributed by atoms with van der Waals surface area (Å²) in [5, 5.41) is 0. The summed E-state index contributed by atoms with van der Waals surface area (Å²) < 4.78 is 6.10. The molecule has 0 atom stereocenters. The number of rotatable bonds is 6. The first-order valence-electron chi connectivity index (χ1n) is 7.62.